The summed E-state index contributed by atoms with van der Waals surface area (Å²) in [5, 5.41) is 5.53. The predicted octanol–water partition coefficient (Wildman–Crippen LogP) is 0.176. The van der Waals surface area contributed by atoms with E-state index in [1.54, 1.807) is 11.0 Å². The van der Waals surface area contributed by atoms with Crippen LogP contribution in [0, 0.1) is 5.92 Å². The summed E-state index contributed by atoms with van der Waals surface area (Å²) in [5.41, 5.74) is -1.19. The summed E-state index contributed by atoms with van der Waals surface area (Å²) in [6, 6.07) is -0.963. The SMILES string of the molecule is C=C[C@@H]1CC[C@]1(NC(=O)[C@@H]1CCCN1C(=O)CNC(=O)N1CCCC1)C(=O)NS(=O)C1CC1. The largest absolute Gasteiger partial charge is 0.339 e. The third-order valence-corrected chi connectivity index (χ3v) is 8.66. The number of rotatable bonds is 8. The van der Waals surface area contributed by atoms with Gasteiger partial charge in [-0.3, -0.25) is 19.1 Å². The molecular formula is C22H33N5O5S. The number of nitrogens with zero attached hydrogens (tertiary/aromatic N) is 2. The summed E-state index contributed by atoms with van der Waals surface area (Å²) >= 11 is 0. The molecule has 10 nitrogen and oxygen atoms in total. The van der Waals surface area contributed by atoms with Crippen molar-refractivity contribution in [1.82, 2.24) is 25.2 Å². The average Bonchev–Trinajstić information content (AvgIpc) is 3.27. The van der Waals surface area contributed by atoms with Crippen molar-refractivity contribution in [2.24, 2.45) is 5.92 Å². The van der Waals surface area contributed by atoms with Crippen molar-refractivity contribution in [3.63, 3.8) is 0 Å². The summed E-state index contributed by atoms with van der Waals surface area (Å²) in [6.45, 7) is 5.43. The average molecular weight is 480 g/mol. The molecule has 5 amide bonds. The maximum absolute atomic E-state index is 13.2. The van der Waals surface area contributed by atoms with Gasteiger partial charge in [0.15, 0.2) is 0 Å². The Morgan fingerprint density at radius 2 is 1.76 bits per heavy atom. The zero-order chi connectivity index (χ0) is 23.6. The van der Waals surface area contributed by atoms with Crippen LogP contribution in [-0.4, -0.2) is 80.8 Å². The minimum absolute atomic E-state index is 0.0114. The second kappa shape index (κ2) is 9.82. The molecule has 0 radical (unpaired) electrons. The summed E-state index contributed by atoms with van der Waals surface area (Å²) in [5.74, 6) is -1.43. The molecule has 1 unspecified atom stereocenters. The second-order valence-corrected chi connectivity index (χ2v) is 10.8. The van der Waals surface area contributed by atoms with E-state index in [1.807, 2.05) is 0 Å². The van der Waals surface area contributed by atoms with Crippen molar-refractivity contribution >= 4 is 34.7 Å². The predicted molar refractivity (Wildman–Crippen MR) is 122 cm³/mol. The third kappa shape index (κ3) is 4.92. The van der Waals surface area contributed by atoms with Crippen LogP contribution in [0.4, 0.5) is 4.79 Å². The Labute approximate surface area is 196 Å². The molecule has 11 heteroatoms. The lowest BCUT2D eigenvalue weighted by Crippen LogP contribution is -2.69. The molecule has 4 fully saturated rings. The van der Waals surface area contributed by atoms with Crippen molar-refractivity contribution in [1.29, 1.82) is 0 Å². The fourth-order valence-corrected chi connectivity index (χ4v) is 5.98. The van der Waals surface area contributed by atoms with Gasteiger partial charge in [-0.25, -0.2) is 9.00 Å². The van der Waals surface area contributed by atoms with Crippen molar-refractivity contribution < 1.29 is 23.4 Å². The van der Waals surface area contributed by atoms with E-state index in [4.69, 9.17) is 0 Å². The normalized spacial score (nSPS) is 29.7. The van der Waals surface area contributed by atoms with Crippen LogP contribution in [0.3, 0.4) is 0 Å². The number of nitrogens with one attached hydrogen (secondary N) is 3. The van der Waals surface area contributed by atoms with Gasteiger partial charge in [-0.2, -0.15) is 0 Å². The van der Waals surface area contributed by atoms with Crippen LogP contribution in [-0.2, 0) is 25.4 Å². The van der Waals surface area contributed by atoms with E-state index in [0.717, 1.165) is 25.7 Å². The Morgan fingerprint density at radius 1 is 1.03 bits per heavy atom. The number of hydrogen-bond donors (Lipinski definition) is 3. The maximum atomic E-state index is 13.2. The van der Waals surface area contributed by atoms with E-state index >= 15 is 0 Å². The number of likely N-dealkylation sites (tertiary alicyclic amines) is 2. The molecule has 0 aromatic rings. The van der Waals surface area contributed by atoms with Gasteiger partial charge in [0.25, 0.3) is 5.91 Å². The number of carbonyl (C=O) groups is 4. The van der Waals surface area contributed by atoms with Crippen molar-refractivity contribution in [3.05, 3.63) is 12.7 Å². The molecule has 0 bridgehead atoms. The Bertz CT molecular complexity index is 856. The Hall–Kier alpha value is -2.43. The van der Waals surface area contributed by atoms with Crippen molar-refractivity contribution in [2.45, 2.75) is 68.2 Å². The summed E-state index contributed by atoms with van der Waals surface area (Å²) in [4.78, 5) is 54.4. The van der Waals surface area contributed by atoms with Crippen molar-refractivity contribution in [2.75, 3.05) is 26.2 Å². The Morgan fingerprint density at radius 3 is 2.36 bits per heavy atom. The van der Waals surface area contributed by atoms with Gasteiger partial charge in [-0.05, 0) is 51.4 Å². The van der Waals surface area contributed by atoms with Gasteiger partial charge in [-0.15, -0.1) is 6.58 Å². The minimum Gasteiger partial charge on any atom is -0.339 e. The number of amides is 5. The molecule has 33 heavy (non-hydrogen) atoms. The molecule has 2 aliphatic heterocycles. The van der Waals surface area contributed by atoms with E-state index < -0.39 is 34.4 Å². The van der Waals surface area contributed by atoms with Gasteiger partial charge >= 0.3 is 6.03 Å². The maximum Gasteiger partial charge on any atom is 0.317 e. The standard InChI is InChI=1S/C22H33N5O5S/c1-2-15-9-10-22(15,20(30)25-33(32)16-7-8-16)24-19(29)17-6-5-13-27(17)18(28)14-23-21(31)26-11-3-4-12-26/h2,15-17H,1,3-14H2,(H,23,31)(H,24,29)(H,25,30)/t15-,17+,22-,33?/m1/s1. The Kier molecular flexibility index (Phi) is 7.06. The molecule has 182 valence electrons. The van der Waals surface area contributed by atoms with Crippen LogP contribution in [0.2, 0.25) is 0 Å². The topological polar surface area (TPSA) is 128 Å². The number of carbonyl (C=O) groups excluding carboxylic acids is 4. The van der Waals surface area contributed by atoms with Crippen LogP contribution in [0.5, 0.6) is 0 Å². The molecule has 0 aromatic heterocycles. The highest BCUT2D eigenvalue weighted by atomic mass is 32.2. The highest BCUT2D eigenvalue weighted by molar-refractivity contribution is 7.84. The smallest absolute Gasteiger partial charge is 0.317 e. The van der Waals surface area contributed by atoms with Crippen molar-refractivity contribution in [3.8, 4) is 0 Å². The van der Waals surface area contributed by atoms with E-state index in [2.05, 4.69) is 21.9 Å². The highest BCUT2D eigenvalue weighted by Crippen LogP contribution is 2.40. The first-order valence-corrected chi connectivity index (χ1v) is 13.1. The fraction of sp³-hybridized carbons (Fsp3) is 0.727. The van der Waals surface area contributed by atoms with Crippen LogP contribution in [0.15, 0.2) is 12.7 Å². The molecular weight excluding hydrogens is 446 g/mol. The molecule has 0 aromatic carbocycles. The van der Waals surface area contributed by atoms with Crippen LogP contribution >= 0.6 is 0 Å². The van der Waals surface area contributed by atoms with Gasteiger partial charge in [0, 0.05) is 25.6 Å². The van der Waals surface area contributed by atoms with E-state index in [9.17, 15) is 23.4 Å². The number of urea groups is 1. The first kappa shape index (κ1) is 23.7. The molecule has 4 atom stereocenters. The number of hydrogen-bond acceptors (Lipinski definition) is 5. The lowest BCUT2D eigenvalue weighted by Gasteiger charge is -2.47. The van der Waals surface area contributed by atoms with Gasteiger partial charge in [0.05, 0.1) is 11.8 Å². The van der Waals surface area contributed by atoms with Crippen LogP contribution < -0.4 is 15.4 Å². The monoisotopic (exact) mass is 479 g/mol. The van der Waals surface area contributed by atoms with Crippen LogP contribution in [0.1, 0.15) is 51.4 Å². The Balaban J connectivity index is 1.37. The molecule has 0 spiro atoms. The van der Waals surface area contributed by atoms with Gasteiger partial charge in [-0.1, -0.05) is 6.08 Å². The minimum atomic E-state index is -1.46. The first-order valence-electron chi connectivity index (χ1n) is 11.8. The summed E-state index contributed by atoms with van der Waals surface area (Å²) < 4.78 is 14.8. The quantitative estimate of drug-likeness (QED) is 0.428. The summed E-state index contributed by atoms with van der Waals surface area (Å²) in [6.07, 6.45) is 7.50. The molecule has 2 heterocycles. The zero-order valence-electron chi connectivity index (χ0n) is 18.8. The van der Waals surface area contributed by atoms with E-state index in [1.165, 1.54) is 4.90 Å². The first-order chi connectivity index (χ1) is 15.9. The zero-order valence-corrected chi connectivity index (χ0v) is 19.7. The fourth-order valence-electron chi connectivity index (χ4n) is 4.89. The van der Waals surface area contributed by atoms with Crippen LogP contribution in [0.25, 0.3) is 0 Å². The highest BCUT2D eigenvalue weighted by Gasteiger charge is 2.54. The lowest BCUT2D eigenvalue weighted by atomic mass is 9.66. The van der Waals surface area contributed by atoms with E-state index in [0.29, 0.717) is 45.3 Å². The molecule has 2 aliphatic carbocycles. The van der Waals surface area contributed by atoms with Gasteiger partial charge in [0.2, 0.25) is 11.8 Å². The third-order valence-electron chi connectivity index (χ3n) is 7.20. The molecule has 4 aliphatic rings. The van der Waals surface area contributed by atoms with Gasteiger partial charge < -0.3 is 20.4 Å². The van der Waals surface area contributed by atoms with E-state index in [-0.39, 0.29) is 29.7 Å². The molecule has 2 saturated heterocycles. The van der Waals surface area contributed by atoms with Gasteiger partial charge in [0.1, 0.15) is 22.6 Å². The molecule has 2 saturated carbocycles. The lowest BCUT2D eigenvalue weighted by molar-refractivity contribution is -0.143. The summed E-state index contributed by atoms with van der Waals surface area (Å²) in [7, 11) is -1.46. The molecule has 3 N–H and O–H groups in total. The second-order valence-electron chi connectivity index (χ2n) is 9.37. The molecule has 4 rings (SSSR count).